The Morgan fingerprint density at radius 3 is 2.49 bits per heavy atom. The van der Waals surface area contributed by atoms with Crippen LogP contribution in [-0.2, 0) is 9.59 Å². The van der Waals surface area contributed by atoms with Gasteiger partial charge < -0.3 is 29.8 Å². The van der Waals surface area contributed by atoms with Crippen LogP contribution >= 0.6 is 11.8 Å². The zero-order chi connectivity index (χ0) is 27.9. The Hall–Kier alpha value is -4.62. The number of nitrogens with one attached hydrogen (secondary N) is 3. The van der Waals surface area contributed by atoms with E-state index in [9.17, 15) is 14.9 Å². The molecule has 10 heteroatoms. The molecule has 0 aliphatic carbocycles. The zero-order valence-corrected chi connectivity index (χ0v) is 22.8. The number of rotatable bonds is 9. The highest BCUT2D eigenvalue weighted by Crippen LogP contribution is 2.41. The number of anilines is 2. The van der Waals surface area contributed by atoms with E-state index in [1.165, 1.54) is 32.2 Å². The number of aryl methyl sites for hydroxylation is 1. The summed E-state index contributed by atoms with van der Waals surface area (Å²) in [5, 5.41) is 19.6. The molecule has 2 heterocycles. The first kappa shape index (κ1) is 27.4. The summed E-state index contributed by atoms with van der Waals surface area (Å²) in [6.07, 6.45) is 1.49. The Labute approximate surface area is 230 Å². The molecule has 4 rings (SSSR count). The third-order valence-corrected chi connectivity index (χ3v) is 7.07. The number of hydrogen-bond donors (Lipinski definition) is 3. The summed E-state index contributed by atoms with van der Waals surface area (Å²) >= 11 is 1.18. The molecule has 9 nitrogen and oxygen atoms in total. The van der Waals surface area contributed by atoms with Gasteiger partial charge in [-0.3, -0.25) is 9.59 Å². The Morgan fingerprint density at radius 2 is 1.85 bits per heavy atom. The Morgan fingerprint density at radius 1 is 1.08 bits per heavy atom. The maximum Gasteiger partial charge on any atom is 0.254 e. The van der Waals surface area contributed by atoms with Crippen molar-refractivity contribution in [3.63, 3.8) is 0 Å². The Kier molecular flexibility index (Phi) is 8.63. The maximum absolute atomic E-state index is 13.7. The van der Waals surface area contributed by atoms with Crippen molar-refractivity contribution < 1.29 is 23.5 Å². The molecule has 0 radical (unpaired) electrons. The fourth-order valence-electron chi connectivity index (χ4n) is 4.14. The predicted octanol–water partition coefficient (Wildman–Crippen LogP) is 5.31. The summed E-state index contributed by atoms with van der Waals surface area (Å²) in [6.45, 7) is 3.72. The highest BCUT2D eigenvalue weighted by molar-refractivity contribution is 8.03. The highest BCUT2D eigenvalue weighted by Gasteiger charge is 2.36. The number of carbonyl (C=O) groups excluding carboxylic acids is 2. The second kappa shape index (κ2) is 12.3. The number of hydrogen-bond acceptors (Lipinski definition) is 8. The maximum atomic E-state index is 13.7. The van der Waals surface area contributed by atoms with Crippen LogP contribution in [0.25, 0.3) is 0 Å². The number of amides is 2. The Balaban J connectivity index is 1.60. The van der Waals surface area contributed by atoms with Crippen molar-refractivity contribution in [2.24, 2.45) is 0 Å². The second-order valence-electron chi connectivity index (χ2n) is 8.69. The van der Waals surface area contributed by atoms with Gasteiger partial charge in [0.25, 0.3) is 5.91 Å². The number of allylic oxidation sites excluding steroid dienone is 2. The first-order valence-electron chi connectivity index (χ1n) is 12.0. The molecule has 39 heavy (non-hydrogen) atoms. The van der Waals surface area contributed by atoms with E-state index in [0.29, 0.717) is 44.9 Å². The van der Waals surface area contributed by atoms with Gasteiger partial charge in [0, 0.05) is 17.5 Å². The number of methoxy groups -OCH3 is 2. The monoisotopic (exact) mass is 544 g/mol. The van der Waals surface area contributed by atoms with Gasteiger partial charge in [-0.1, -0.05) is 29.5 Å². The first-order valence-corrected chi connectivity index (χ1v) is 13.0. The number of nitrogens with zero attached hydrogens (tertiary/aromatic N) is 1. The molecule has 200 valence electrons. The fourth-order valence-corrected chi connectivity index (χ4v) is 5.03. The number of benzene rings is 2. The molecular weight excluding hydrogens is 516 g/mol. The molecule has 1 aliphatic heterocycles. The lowest BCUT2D eigenvalue weighted by Gasteiger charge is -2.28. The van der Waals surface area contributed by atoms with E-state index in [1.54, 1.807) is 37.3 Å². The lowest BCUT2D eigenvalue weighted by molar-refractivity contribution is -0.114. The molecule has 3 aromatic rings. The van der Waals surface area contributed by atoms with Gasteiger partial charge in [-0.05, 0) is 50.2 Å². The topological polar surface area (TPSA) is 126 Å². The van der Waals surface area contributed by atoms with E-state index < -0.39 is 11.8 Å². The van der Waals surface area contributed by atoms with Crippen molar-refractivity contribution in [2.45, 2.75) is 19.8 Å². The third-order valence-electron chi connectivity index (χ3n) is 6.06. The van der Waals surface area contributed by atoms with Crippen LogP contribution in [0.3, 0.4) is 0 Å². The molecule has 1 aromatic heterocycles. The average Bonchev–Trinajstić information content (AvgIpc) is 3.47. The smallest absolute Gasteiger partial charge is 0.254 e. The van der Waals surface area contributed by atoms with Crippen molar-refractivity contribution in [3.8, 4) is 17.6 Å². The normalized spacial score (nSPS) is 14.8. The molecular formula is C29H28N4O5S. The van der Waals surface area contributed by atoms with Gasteiger partial charge in [0.15, 0.2) is 0 Å². The van der Waals surface area contributed by atoms with Crippen LogP contribution < -0.4 is 25.4 Å². The van der Waals surface area contributed by atoms with Crippen molar-refractivity contribution in [1.29, 1.82) is 5.26 Å². The standard InChI is InChI=1S/C29H28N4O5S/c1-17-7-9-19(10-8-17)32-25(34)16-39-29-21(15-30)27(24-6-5-13-38-24)26(18(2)31-29)28(35)33-22-14-20(36-3)11-12-23(22)37-4/h5-14,27,31H,16H2,1-4H3,(H,32,34)(H,33,35)/t27-/m1/s1. The summed E-state index contributed by atoms with van der Waals surface area (Å²) in [4.78, 5) is 26.3. The van der Waals surface area contributed by atoms with Crippen LogP contribution in [0.5, 0.6) is 11.5 Å². The summed E-state index contributed by atoms with van der Waals surface area (Å²) in [7, 11) is 3.03. The minimum Gasteiger partial charge on any atom is -0.497 e. The molecule has 0 unspecified atom stereocenters. The number of thioether (sulfide) groups is 1. The lowest BCUT2D eigenvalue weighted by atomic mass is 9.85. The van der Waals surface area contributed by atoms with Crippen LogP contribution in [-0.4, -0.2) is 31.8 Å². The Bertz CT molecular complexity index is 1470. The average molecular weight is 545 g/mol. The lowest BCUT2D eigenvalue weighted by Crippen LogP contribution is -2.31. The van der Waals surface area contributed by atoms with E-state index in [0.717, 1.165) is 5.56 Å². The first-order chi connectivity index (χ1) is 18.8. The molecule has 2 amide bonds. The zero-order valence-electron chi connectivity index (χ0n) is 22.0. The molecule has 0 saturated carbocycles. The minimum absolute atomic E-state index is 0.0576. The minimum atomic E-state index is -0.787. The molecule has 2 aromatic carbocycles. The van der Waals surface area contributed by atoms with Crippen molar-refractivity contribution >= 4 is 35.0 Å². The number of furan rings is 1. The summed E-state index contributed by atoms with van der Waals surface area (Å²) in [6, 6.07) is 18.2. The van der Waals surface area contributed by atoms with Crippen LogP contribution in [0.2, 0.25) is 0 Å². The van der Waals surface area contributed by atoms with Crippen LogP contribution in [0, 0.1) is 18.3 Å². The van der Waals surface area contributed by atoms with Gasteiger partial charge in [-0.2, -0.15) is 5.26 Å². The fraction of sp³-hybridized carbons (Fsp3) is 0.207. The molecule has 1 aliphatic rings. The second-order valence-corrected chi connectivity index (χ2v) is 9.68. The molecule has 0 bridgehead atoms. The molecule has 0 saturated heterocycles. The largest absolute Gasteiger partial charge is 0.497 e. The van der Waals surface area contributed by atoms with Gasteiger partial charge in [0.1, 0.15) is 17.3 Å². The van der Waals surface area contributed by atoms with E-state index in [2.05, 4.69) is 22.0 Å². The van der Waals surface area contributed by atoms with Crippen molar-refractivity contribution in [3.05, 3.63) is 94.1 Å². The number of carbonyl (C=O) groups is 2. The van der Waals surface area contributed by atoms with Gasteiger partial charge in [0.05, 0.1) is 60.1 Å². The van der Waals surface area contributed by atoms with E-state index >= 15 is 0 Å². The quantitative estimate of drug-likeness (QED) is 0.331. The van der Waals surface area contributed by atoms with E-state index in [4.69, 9.17) is 13.9 Å². The van der Waals surface area contributed by atoms with E-state index in [1.807, 2.05) is 31.2 Å². The third kappa shape index (κ3) is 6.27. The van der Waals surface area contributed by atoms with Gasteiger partial charge in [0.2, 0.25) is 5.91 Å². The SMILES string of the molecule is COc1ccc(OC)c(NC(=O)C2=C(C)NC(SCC(=O)Nc3ccc(C)cc3)=C(C#N)[C@@H]2c2ccco2)c1. The predicted molar refractivity (Wildman–Crippen MR) is 150 cm³/mol. The molecule has 3 N–H and O–H groups in total. The molecule has 0 fully saturated rings. The van der Waals surface area contributed by atoms with Crippen LogP contribution in [0.4, 0.5) is 11.4 Å². The van der Waals surface area contributed by atoms with Gasteiger partial charge in [-0.15, -0.1) is 0 Å². The van der Waals surface area contributed by atoms with Crippen LogP contribution in [0.15, 0.2) is 87.1 Å². The molecule has 1 atom stereocenters. The van der Waals surface area contributed by atoms with Gasteiger partial charge in [-0.25, -0.2) is 0 Å². The number of ether oxygens (including phenoxy) is 2. The highest BCUT2D eigenvalue weighted by atomic mass is 32.2. The number of dihydropyridines is 1. The van der Waals surface area contributed by atoms with Crippen molar-refractivity contribution in [1.82, 2.24) is 5.32 Å². The summed E-state index contributed by atoms with van der Waals surface area (Å²) in [5.41, 5.74) is 3.29. The van der Waals surface area contributed by atoms with Crippen molar-refractivity contribution in [2.75, 3.05) is 30.6 Å². The van der Waals surface area contributed by atoms with Gasteiger partial charge >= 0.3 is 0 Å². The number of nitriles is 1. The molecule has 0 spiro atoms. The summed E-state index contributed by atoms with van der Waals surface area (Å²) < 4.78 is 16.4. The summed E-state index contributed by atoms with van der Waals surface area (Å²) in [5.74, 6) is 0.0289. The van der Waals surface area contributed by atoms with Crippen LogP contribution in [0.1, 0.15) is 24.2 Å². The van der Waals surface area contributed by atoms with E-state index in [-0.39, 0.29) is 17.2 Å².